The molecule has 18 heavy (non-hydrogen) atoms. The monoisotopic (exact) mass is 306 g/mol. The summed E-state index contributed by atoms with van der Waals surface area (Å²) in [6.45, 7) is 0.580. The lowest BCUT2D eigenvalue weighted by molar-refractivity contribution is -0.120. The number of rotatable bonds is 4. The Hall–Kier alpha value is -1.55. The van der Waals surface area contributed by atoms with Gasteiger partial charge in [-0.1, -0.05) is 28.1 Å². The Kier molecular flexibility index (Phi) is 4.20. The molecule has 1 aromatic carbocycles. The first-order valence-corrected chi connectivity index (χ1v) is 6.55. The van der Waals surface area contributed by atoms with E-state index in [0.29, 0.717) is 13.0 Å². The maximum absolute atomic E-state index is 11.7. The quantitative estimate of drug-likeness (QED) is 0.926. The number of carbonyl (C=O) groups is 1. The van der Waals surface area contributed by atoms with Gasteiger partial charge >= 0.3 is 0 Å². The minimum Gasteiger partial charge on any atom is -0.357 e. The third-order valence-corrected chi connectivity index (χ3v) is 3.19. The van der Waals surface area contributed by atoms with Crippen LogP contribution >= 0.6 is 15.9 Å². The predicted molar refractivity (Wildman–Crippen MR) is 75.1 cm³/mol. The highest BCUT2D eigenvalue weighted by Gasteiger charge is 2.03. The van der Waals surface area contributed by atoms with Gasteiger partial charge in [0.1, 0.15) is 0 Å². The maximum Gasteiger partial charge on any atom is 0.224 e. The van der Waals surface area contributed by atoms with Crippen LogP contribution in [-0.4, -0.2) is 10.5 Å². The zero-order valence-electron chi connectivity index (χ0n) is 10.2. The van der Waals surface area contributed by atoms with Crippen molar-refractivity contribution in [3.63, 3.8) is 0 Å². The minimum absolute atomic E-state index is 0.0428. The minimum atomic E-state index is 0.0428. The molecule has 2 aromatic rings. The number of benzene rings is 1. The van der Waals surface area contributed by atoms with E-state index in [-0.39, 0.29) is 5.91 Å². The summed E-state index contributed by atoms with van der Waals surface area (Å²) in [5.41, 5.74) is 2.13. The molecular weight excluding hydrogens is 292 g/mol. The second kappa shape index (κ2) is 5.87. The number of nitrogens with zero attached hydrogens (tertiary/aromatic N) is 1. The van der Waals surface area contributed by atoms with E-state index in [2.05, 4.69) is 21.2 Å². The Morgan fingerprint density at radius 2 is 1.94 bits per heavy atom. The van der Waals surface area contributed by atoms with Crippen LogP contribution in [0, 0.1) is 0 Å². The fourth-order valence-electron chi connectivity index (χ4n) is 1.72. The van der Waals surface area contributed by atoms with Crippen LogP contribution in [0.15, 0.2) is 47.2 Å². The lowest BCUT2D eigenvalue weighted by atomic mass is 10.1. The van der Waals surface area contributed by atoms with Crippen molar-refractivity contribution in [3.05, 3.63) is 58.3 Å². The Balaban J connectivity index is 1.83. The van der Waals surface area contributed by atoms with Crippen LogP contribution in [0.3, 0.4) is 0 Å². The molecule has 0 aliphatic heterocycles. The third-order valence-electron chi connectivity index (χ3n) is 2.66. The largest absolute Gasteiger partial charge is 0.357 e. The molecule has 0 radical (unpaired) electrons. The topological polar surface area (TPSA) is 34.0 Å². The number of amides is 1. The first kappa shape index (κ1) is 12.9. The maximum atomic E-state index is 11.7. The van der Waals surface area contributed by atoms with Gasteiger partial charge in [-0.05, 0) is 29.3 Å². The van der Waals surface area contributed by atoms with Gasteiger partial charge in [0, 0.05) is 30.5 Å². The molecule has 0 saturated carbocycles. The summed E-state index contributed by atoms with van der Waals surface area (Å²) >= 11 is 3.37. The van der Waals surface area contributed by atoms with Gasteiger partial charge in [-0.15, -0.1) is 0 Å². The fraction of sp³-hybridized carbons (Fsp3) is 0.214. The van der Waals surface area contributed by atoms with Crippen LogP contribution in [0.2, 0.25) is 0 Å². The number of hydrogen-bond donors (Lipinski definition) is 1. The van der Waals surface area contributed by atoms with Crippen molar-refractivity contribution in [2.24, 2.45) is 7.05 Å². The number of hydrogen-bond acceptors (Lipinski definition) is 1. The second-order valence-corrected chi connectivity index (χ2v) is 5.18. The predicted octanol–water partition coefficient (Wildman–Crippen LogP) is 2.65. The molecule has 1 N–H and O–H groups in total. The molecule has 1 aromatic heterocycles. The molecule has 0 fully saturated rings. The number of nitrogens with one attached hydrogen (secondary N) is 1. The summed E-state index contributed by atoms with van der Waals surface area (Å²) in [5, 5.41) is 2.91. The Morgan fingerprint density at radius 1 is 1.22 bits per heavy atom. The third kappa shape index (κ3) is 3.74. The molecule has 2 rings (SSSR count). The molecule has 1 amide bonds. The van der Waals surface area contributed by atoms with E-state index in [0.717, 1.165) is 15.6 Å². The van der Waals surface area contributed by atoms with Crippen molar-refractivity contribution in [1.29, 1.82) is 0 Å². The molecule has 3 nitrogen and oxygen atoms in total. The molecule has 0 unspecified atom stereocenters. The molecule has 0 aliphatic rings. The van der Waals surface area contributed by atoms with Crippen LogP contribution in [0.25, 0.3) is 0 Å². The molecule has 0 saturated heterocycles. The van der Waals surface area contributed by atoms with E-state index in [1.165, 1.54) is 0 Å². The molecular formula is C14H15BrN2O. The van der Waals surface area contributed by atoms with Gasteiger partial charge in [0.15, 0.2) is 0 Å². The van der Waals surface area contributed by atoms with Crippen LogP contribution in [-0.2, 0) is 24.8 Å². The normalized spacial score (nSPS) is 10.3. The average molecular weight is 307 g/mol. The summed E-state index contributed by atoms with van der Waals surface area (Å²) in [6, 6.07) is 9.79. The zero-order valence-corrected chi connectivity index (χ0v) is 11.8. The van der Waals surface area contributed by atoms with Crippen LogP contribution in [0.4, 0.5) is 0 Å². The number of carbonyl (C=O) groups excluding carboxylic acids is 1. The van der Waals surface area contributed by atoms with Crippen molar-refractivity contribution >= 4 is 21.8 Å². The molecule has 1 heterocycles. The van der Waals surface area contributed by atoms with Gasteiger partial charge in [0.25, 0.3) is 0 Å². The number of aromatic nitrogens is 1. The second-order valence-electron chi connectivity index (χ2n) is 4.27. The van der Waals surface area contributed by atoms with Crippen molar-refractivity contribution in [2.75, 3.05) is 0 Å². The molecule has 4 heteroatoms. The lowest BCUT2D eigenvalue weighted by Crippen LogP contribution is -2.24. The fourth-order valence-corrected chi connectivity index (χ4v) is 1.98. The number of aryl methyl sites for hydroxylation is 1. The van der Waals surface area contributed by atoms with Crippen LogP contribution in [0.1, 0.15) is 11.1 Å². The van der Waals surface area contributed by atoms with E-state index >= 15 is 0 Å². The summed E-state index contributed by atoms with van der Waals surface area (Å²) < 4.78 is 2.99. The van der Waals surface area contributed by atoms with E-state index in [1.807, 2.05) is 54.3 Å². The van der Waals surface area contributed by atoms with E-state index < -0.39 is 0 Å². The lowest BCUT2D eigenvalue weighted by Gasteiger charge is -2.04. The summed E-state index contributed by atoms with van der Waals surface area (Å²) in [5.74, 6) is 0.0428. The Labute approximate surface area is 115 Å². The van der Waals surface area contributed by atoms with Crippen LogP contribution in [0.5, 0.6) is 0 Å². The SMILES string of the molecule is Cn1ccc(CNC(=O)Cc2ccc(Br)cc2)c1. The molecule has 0 atom stereocenters. The molecule has 0 bridgehead atoms. The van der Waals surface area contributed by atoms with Crippen LogP contribution < -0.4 is 5.32 Å². The molecule has 0 aliphatic carbocycles. The highest BCUT2D eigenvalue weighted by molar-refractivity contribution is 9.10. The van der Waals surface area contributed by atoms with Crippen molar-refractivity contribution in [1.82, 2.24) is 9.88 Å². The summed E-state index contributed by atoms with van der Waals surface area (Å²) in [4.78, 5) is 11.7. The molecule has 0 spiro atoms. The first-order valence-electron chi connectivity index (χ1n) is 5.75. The van der Waals surface area contributed by atoms with Crippen molar-refractivity contribution < 1.29 is 4.79 Å². The average Bonchev–Trinajstić information content (AvgIpc) is 2.76. The summed E-state index contributed by atoms with van der Waals surface area (Å²) in [6.07, 6.45) is 4.39. The van der Waals surface area contributed by atoms with Gasteiger partial charge in [0.2, 0.25) is 5.91 Å². The van der Waals surface area contributed by atoms with Gasteiger partial charge in [-0.3, -0.25) is 4.79 Å². The van der Waals surface area contributed by atoms with Crippen molar-refractivity contribution in [3.8, 4) is 0 Å². The summed E-state index contributed by atoms with van der Waals surface area (Å²) in [7, 11) is 1.97. The smallest absolute Gasteiger partial charge is 0.224 e. The standard InChI is InChI=1S/C14H15BrN2O/c1-17-7-6-12(10-17)9-16-14(18)8-11-2-4-13(15)5-3-11/h2-7,10H,8-9H2,1H3,(H,16,18). The first-order chi connectivity index (χ1) is 8.63. The highest BCUT2D eigenvalue weighted by atomic mass is 79.9. The zero-order chi connectivity index (χ0) is 13.0. The van der Waals surface area contributed by atoms with Gasteiger partial charge in [0.05, 0.1) is 6.42 Å². The molecule has 94 valence electrons. The Morgan fingerprint density at radius 3 is 2.56 bits per heavy atom. The van der Waals surface area contributed by atoms with E-state index in [9.17, 15) is 4.79 Å². The number of halogens is 1. The van der Waals surface area contributed by atoms with Gasteiger partial charge in [-0.25, -0.2) is 0 Å². The highest BCUT2D eigenvalue weighted by Crippen LogP contribution is 2.10. The van der Waals surface area contributed by atoms with Crippen molar-refractivity contribution in [2.45, 2.75) is 13.0 Å². The Bertz CT molecular complexity index is 531. The van der Waals surface area contributed by atoms with Gasteiger partial charge in [-0.2, -0.15) is 0 Å². The van der Waals surface area contributed by atoms with E-state index in [1.54, 1.807) is 0 Å². The van der Waals surface area contributed by atoms with Gasteiger partial charge < -0.3 is 9.88 Å². The van der Waals surface area contributed by atoms with E-state index in [4.69, 9.17) is 0 Å².